The lowest BCUT2D eigenvalue weighted by Gasteiger charge is -2.16. The number of rotatable bonds is 4. The van der Waals surface area contributed by atoms with Crippen molar-refractivity contribution in [2.45, 2.75) is 6.04 Å². The van der Waals surface area contributed by atoms with Gasteiger partial charge in [0, 0.05) is 11.6 Å². The first-order valence-electron chi connectivity index (χ1n) is 5.41. The van der Waals surface area contributed by atoms with Crippen molar-refractivity contribution >= 4 is 28.5 Å². The number of carboxylic acid groups (broad SMARTS) is 1. The van der Waals surface area contributed by atoms with Crippen molar-refractivity contribution in [3.8, 4) is 0 Å². The first-order valence-corrected chi connectivity index (χ1v) is 6.29. The van der Waals surface area contributed by atoms with Crippen LogP contribution in [0.5, 0.6) is 0 Å². The Labute approximate surface area is 113 Å². The highest BCUT2D eigenvalue weighted by molar-refractivity contribution is 7.13. The second-order valence-corrected chi connectivity index (χ2v) is 4.51. The van der Waals surface area contributed by atoms with E-state index in [0.29, 0.717) is 10.7 Å². The molecule has 2 amide bonds. The van der Waals surface area contributed by atoms with E-state index < -0.39 is 18.0 Å². The molecule has 98 valence electrons. The van der Waals surface area contributed by atoms with E-state index >= 15 is 0 Å². The van der Waals surface area contributed by atoms with Crippen LogP contribution in [0.4, 0.5) is 9.93 Å². The van der Waals surface area contributed by atoms with Gasteiger partial charge in [0.2, 0.25) is 0 Å². The van der Waals surface area contributed by atoms with Crippen molar-refractivity contribution < 1.29 is 14.7 Å². The van der Waals surface area contributed by atoms with Gasteiger partial charge in [0.15, 0.2) is 5.13 Å². The summed E-state index contributed by atoms with van der Waals surface area (Å²) < 4.78 is 0. The Morgan fingerprint density at radius 2 is 2.00 bits per heavy atom. The molecule has 1 unspecified atom stereocenters. The first-order chi connectivity index (χ1) is 9.16. The Bertz CT molecular complexity index is 557. The van der Waals surface area contributed by atoms with Gasteiger partial charge in [0.05, 0.1) is 0 Å². The Kier molecular flexibility index (Phi) is 4.09. The molecular formula is C12H11N3O3S. The summed E-state index contributed by atoms with van der Waals surface area (Å²) in [5.74, 6) is -0.469. The van der Waals surface area contributed by atoms with Gasteiger partial charge in [-0.2, -0.15) is 0 Å². The molecule has 2 rings (SSSR count). The second kappa shape index (κ2) is 5.96. The van der Waals surface area contributed by atoms with Crippen molar-refractivity contribution in [3.63, 3.8) is 0 Å². The number of anilines is 1. The summed E-state index contributed by atoms with van der Waals surface area (Å²) in [6, 6.07) is 7.66. The van der Waals surface area contributed by atoms with E-state index in [9.17, 15) is 9.59 Å². The molecular weight excluding hydrogens is 266 g/mol. The average molecular weight is 277 g/mol. The van der Waals surface area contributed by atoms with Gasteiger partial charge in [-0.1, -0.05) is 30.3 Å². The number of hydrogen-bond donors (Lipinski definition) is 3. The van der Waals surface area contributed by atoms with Gasteiger partial charge < -0.3 is 10.4 Å². The molecule has 7 heteroatoms. The number of benzene rings is 1. The van der Waals surface area contributed by atoms with Gasteiger partial charge >= 0.3 is 6.09 Å². The summed E-state index contributed by atoms with van der Waals surface area (Å²) in [5.41, 5.74) is 0.568. The standard InChI is InChI=1S/C12H11N3O3S/c16-10(15-11-13-6-7-19-11)9(14-12(17)18)8-4-2-1-3-5-8/h1-7,9,14H,(H,17,18)(H,13,15,16). The zero-order valence-electron chi connectivity index (χ0n) is 9.74. The zero-order valence-corrected chi connectivity index (χ0v) is 10.6. The molecule has 2 aromatic rings. The van der Waals surface area contributed by atoms with Crippen LogP contribution >= 0.6 is 11.3 Å². The zero-order chi connectivity index (χ0) is 13.7. The molecule has 0 bridgehead atoms. The molecule has 19 heavy (non-hydrogen) atoms. The van der Waals surface area contributed by atoms with E-state index in [1.165, 1.54) is 11.3 Å². The van der Waals surface area contributed by atoms with Gasteiger partial charge in [-0.05, 0) is 5.56 Å². The first kappa shape index (κ1) is 13.0. The SMILES string of the molecule is O=C(O)NC(C(=O)Nc1nccs1)c1ccccc1. The number of nitrogens with zero attached hydrogens (tertiary/aromatic N) is 1. The molecule has 1 heterocycles. The topological polar surface area (TPSA) is 91.3 Å². The third kappa shape index (κ3) is 3.52. The quantitative estimate of drug-likeness (QED) is 0.798. The molecule has 0 aliphatic rings. The summed E-state index contributed by atoms with van der Waals surface area (Å²) in [6.07, 6.45) is 0.297. The fraction of sp³-hybridized carbons (Fsp3) is 0.0833. The number of carbonyl (C=O) groups is 2. The maximum atomic E-state index is 12.1. The van der Waals surface area contributed by atoms with Gasteiger partial charge in [-0.3, -0.25) is 10.1 Å². The van der Waals surface area contributed by atoms with Crippen LogP contribution < -0.4 is 10.6 Å². The normalized spacial score (nSPS) is 11.6. The molecule has 0 radical (unpaired) electrons. The number of thiazole rings is 1. The monoisotopic (exact) mass is 277 g/mol. The largest absolute Gasteiger partial charge is 0.465 e. The molecule has 0 aliphatic heterocycles. The third-order valence-corrected chi connectivity index (χ3v) is 3.01. The Balaban J connectivity index is 2.18. The highest BCUT2D eigenvalue weighted by atomic mass is 32.1. The van der Waals surface area contributed by atoms with Crippen molar-refractivity contribution in [1.29, 1.82) is 0 Å². The maximum absolute atomic E-state index is 12.1. The van der Waals surface area contributed by atoms with Crippen LogP contribution in [0.25, 0.3) is 0 Å². The van der Waals surface area contributed by atoms with Gasteiger partial charge in [-0.15, -0.1) is 11.3 Å². The average Bonchev–Trinajstić information content (AvgIpc) is 2.89. The van der Waals surface area contributed by atoms with Crippen molar-refractivity contribution in [1.82, 2.24) is 10.3 Å². The molecule has 0 saturated carbocycles. The Morgan fingerprint density at radius 3 is 2.58 bits per heavy atom. The van der Waals surface area contributed by atoms with E-state index in [1.807, 2.05) is 0 Å². The van der Waals surface area contributed by atoms with Crippen LogP contribution in [0.2, 0.25) is 0 Å². The number of hydrogen-bond acceptors (Lipinski definition) is 4. The summed E-state index contributed by atoms with van der Waals surface area (Å²) in [6.45, 7) is 0. The summed E-state index contributed by atoms with van der Waals surface area (Å²) in [7, 11) is 0. The fourth-order valence-corrected chi connectivity index (χ4v) is 2.06. The lowest BCUT2D eigenvalue weighted by molar-refractivity contribution is -0.118. The van der Waals surface area contributed by atoms with Crippen molar-refractivity contribution in [2.75, 3.05) is 5.32 Å². The van der Waals surface area contributed by atoms with Crippen LogP contribution in [0, 0.1) is 0 Å². The van der Waals surface area contributed by atoms with Gasteiger partial charge in [0.1, 0.15) is 6.04 Å². The Hall–Kier alpha value is -2.41. The molecule has 1 atom stereocenters. The predicted octanol–water partition coefficient (Wildman–Crippen LogP) is 2.09. The fourth-order valence-electron chi connectivity index (χ4n) is 1.53. The highest BCUT2D eigenvalue weighted by Gasteiger charge is 2.22. The van der Waals surface area contributed by atoms with Crippen LogP contribution in [0.3, 0.4) is 0 Å². The summed E-state index contributed by atoms with van der Waals surface area (Å²) >= 11 is 1.26. The maximum Gasteiger partial charge on any atom is 0.405 e. The van der Waals surface area contributed by atoms with Crippen LogP contribution in [-0.2, 0) is 4.79 Å². The second-order valence-electron chi connectivity index (χ2n) is 3.62. The lowest BCUT2D eigenvalue weighted by Crippen LogP contribution is -2.36. The molecule has 6 nitrogen and oxygen atoms in total. The molecule has 0 aliphatic carbocycles. The van der Waals surface area contributed by atoms with E-state index in [0.717, 1.165) is 0 Å². The molecule has 0 saturated heterocycles. The minimum atomic E-state index is -1.26. The molecule has 1 aromatic heterocycles. The summed E-state index contributed by atoms with van der Waals surface area (Å²) in [5, 5.41) is 15.7. The Morgan fingerprint density at radius 1 is 1.26 bits per heavy atom. The highest BCUT2D eigenvalue weighted by Crippen LogP contribution is 2.17. The smallest absolute Gasteiger partial charge is 0.405 e. The number of carbonyl (C=O) groups excluding carboxylic acids is 1. The van der Waals surface area contributed by atoms with E-state index in [4.69, 9.17) is 5.11 Å². The van der Waals surface area contributed by atoms with Crippen LogP contribution in [0.1, 0.15) is 11.6 Å². The number of amides is 2. The molecule has 0 fully saturated rings. The minimum absolute atomic E-state index is 0.429. The van der Waals surface area contributed by atoms with E-state index in [-0.39, 0.29) is 0 Å². The van der Waals surface area contributed by atoms with E-state index in [2.05, 4.69) is 15.6 Å². The number of aromatic nitrogens is 1. The van der Waals surface area contributed by atoms with Crippen LogP contribution in [-0.4, -0.2) is 22.1 Å². The lowest BCUT2D eigenvalue weighted by atomic mass is 10.1. The van der Waals surface area contributed by atoms with E-state index in [1.54, 1.807) is 41.9 Å². The van der Waals surface area contributed by atoms with Crippen LogP contribution in [0.15, 0.2) is 41.9 Å². The number of nitrogens with one attached hydrogen (secondary N) is 2. The van der Waals surface area contributed by atoms with Crippen molar-refractivity contribution in [2.24, 2.45) is 0 Å². The predicted molar refractivity (Wildman–Crippen MR) is 71.1 cm³/mol. The minimum Gasteiger partial charge on any atom is -0.465 e. The van der Waals surface area contributed by atoms with Crippen molar-refractivity contribution in [3.05, 3.63) is 47.5 Å². The van der Waals surface area contributed by atoms with Gasteiger partial charge in [-0.25, -0.2) is 9.78 Å². The van der Waals surface area contributed by atoms with Gasteiger partial charge in [0.25, 0.3) is 5.91 Å². The molecule has 1 aromatic carbocycles. The molecule has 3 N–H and O–H groups in total. The third-order valence-electron chi connectivity index (χ3n) is 2.33. The summed E-state index contributed by atoms with van der Waals surface area (Å²) in [4.78, 5) is 26.8. The molecule has 0 spiro atoms.